The largest absolute Gasteiger partial charge is 0.497 e. The van der Waals surface area contributed by atoms with Gasteiger partial charge in [-0.05, 0) is 47.5 Å². The molecule has 2 amide bonds. The molecule has 9 heteroatoms. The molecule has 0 heterocycles. The number of ether oxygens (including phenoxy) is 2. The van der Waals surface area contributed by atoms with Crippen molar-refractivity contribution in [3.8, 4) is 11.5 Å². The summed E-state index contributed by atoms with van der Waals surface area (Å²) in [5.74, 6) is 0.618. The highest BCUT2D eigenvalue weighted by Gasteiger charge is 2.18. The van der Waals surface area contributed by atoms with E-state index in [9.17, 15) is 19.7 Å². The van der Waals surface area contributed by atoms with Gasteiger partial charge in [-0.15, -0.1) is 0 Å². The van der Waals surface area contributed by atoms with Crippen LogP contribution in [0.2, 0.25) is 0 Å². The molecule has 0 aliphatic rings. The van der Waals surface area contributed by atoms with Crippen LogP contribution in [0.4, 0.5) is 17.1 Å². The third-order valence-electron chi connectivity index (χ3n) is 4.80. The number of nitro groups is 1. The van der Waals surface area contributed by atoms with Crippen molar-refractivity contribution in [2.45, 2.75) is 12.8 Å². The van der Waals surface area contributed by atoms with E-state index >= 15 is 0 Å². The highest BCUT2D eigenvalue weighted by molar-refractivity contribution is 5.97. The molecule has 3 rings (SSSR count). The predicted molar refractivity (Wildman–Crippen MR) is 124 cm³/mol. The monoisotopic (exact) mass is 449 g/mol. The summed E-state index contributed by atoms with van der Waals surface area (Å²) in [4.78, 5) is 35.7. The first-order valence-electron chi connectivity index (χ1n) is 10.0. The van der Waals surface area contributed by atoms with Crippen molar-refractivity contribution in [2.75, 3.05) is 24.9 Å². The summed E-state index contributed by atoms with van der Waals surface area (Å²) in [7, 11) is 3.10. The van der Waals surface area contributed by atoms with Gasteiger partial charge in [-0.25, -0.2) is 0 Å². The molecule has 0 atom stereocenters. The lowest BCUT2D eigenvalue weighted by molar-refractivity contribution is -0.383. The number of rotatable bonds is 9. The second kappa shape index (κ2) is 10.8. The maximum atomic E-state index is 12.5. The van der Waals surface area contributed by atoms with Crippen molar-refractivity contribution < 1.29 is 24.0 Å². The van der Waals surface area contributed by atoms with Crippen LogP contribution in [0, 0.1) is 10.1 Å². The van der Waals surface area contributed by atoms with E-state index in [1.807, 2.05) is 0 Å². The number of nitrogens with one attached hydrogen (secondary N) is 2. The van der Waals surface area contributed by atoms with Gasteiger partial charge in [-0.3, -0.25) is 19.7 Å². The number of methoxy groups -OCH3 is 2. The predicted octanol–water partition coefficient (Wildman–Crippen LogP) is 3.97. The van der Waals surface area contributed by atoms with Crippen LogP contribution in [-0.2, 0) is 22.4 Å². The van der Waals surface area contributed by atoms with Gasteiger partial charge in [0.2, 0.25) is 11.8 Å². The molecule has 9 nitrogen and oxygen atoms in total. The lowest BCUT2D eigenvalue weighted by Gasteiger charge is -2.10. The molecule has 0 saturated carbocycles. The molecule has 33 heavy (non-hydrogen) atoms. The molecule has 0 aromatic heterocycles. The minimum absolute atomic E-state index is 0.000703. The number of hydrogen-bond donors (Lipinski definition) is 2. The number of amides is 2. The first-order chi connectivity index (χ1) is 15.9. The third-order valence-corrected chi connectivity index (χ3v) is 4.80. The van der Waals surface area contributed by atoms with Crippen LogP contribution in [0.15, 0.2) is 66.7 Å². The van der Waals surface area contributed by atoms with Gasteiger partial charge in [-0.1, -0.05) is 24.3 Å². The maximum Gasteiger partial charge on any atom is 0.292 e. The van der Waals surface area contributed by atoms with E-state index in [1.165, 1.54) is 18.2 Å². The Morgan fingerprint density at radius 2 is 1.27 bits per heavy atom. The molecule has 0 fully saturated rings. The summed E-state index contributed by atoms with van der Waals surface area (Å²) in [6.07, 6.45) is 0.134. The topological polar surface area (TPSA) is 120 Å². The highest BCUT2D eigenvalue weighted by Crippen LogP contribution is 2.28. The van der Waals surface area contributed by atoms with Gasteiger partial charge in [0.1, 0.15) is 17.2 Å². The number of anilines is 2. The van der Waals surface area contributed by atoms with E-state index in [2.05, 4.69) is 10.6 Å². The smallest absolute Gasteiger partial charge is 0.292 e. The van der Waals surface area contributed by atoms with Gasteiger partial charge < -0.3 is 20.1 Å². The number of nitro benzene ring substituents is 1. The van der Waals surface area contributed by atoms with Gasteiger partial charge in [0, 0.05) is 11.8 Å². The van der Waals surface area contributed by atoms with E-state index in [0.29, 0.717) is 17.2 Å². The third kappa shape index (κ3) is 6.54. The molecule has 0 aliphatic carbocycles. The summed E-state index contributed by atoms with van der Waals surface area (Å²) in [6.45, 7) is 0. The molecule has 3 aromatic carbocycles. The molecule has 0 saturated heterocycles. The van der Waals surface area contributed by atoms with E-state index in [-0.39, 0.29) is 30.1 Å². The van der Waals surface area contributed by atoms with E-state index in [1.54, 1.807) is 62.8 Å². The van der Waals surface area contributed by atoms with Crippen LogP contribution in [0.1, 0.15) is 11.1 Å². The van der Waals surface area contributed by atoms with Crippen molar-refractivity contribution in [2.24, 2.45) is 0 Å². The molecular weight excluding hydrogens is 426 g/mol. The molecule has 0 bridgehead atoms. The van der Waals surface area contributed by atoms with Crippen molar-refractivity contribution in [1.29, 1.82) is 0 Å². The SMILES string of the molecule is COc1ccc(CC(=O)Nc2ccc([N+](=O)[O-])c(NC(=O)Cc3ccc(OC)cc3)c2)cc1. The summed E-state index contributed by atoms with van der Waals surface area (Å²) in [5, 5.41) is 16.7. The van der Waals surface area contributed by atoms with Crippen molar-refractivity contribution in [3.63, 3.8) is 0 Å². The average molecular weight is 449 g/mol. The number of benzene rings is 3. The Morgan fingerprint density at radius 1 is 0.788 bits per heavy atom. The minimum atomic E-state index is -0.591. The normalized spacial score (nSPS) is 10.2. The summed E-state index contributed by atoms with van der Waals surface area (Å²) in [6, 6.07) is 18.0. The van der Waals surface area contributed by atoms with Gasteiger partial charge >= 0.3 is 0 Å². The van der Waals surface area contributed by atoms with Crippen LogP contribution < -0.4 is 20.1 Å². The van der Waals surface area contributed by atoms with Crippen molar-refractivity contribution in [3.05, 3.63) is 88.0 Å². The first-order valence-corrected chi connectivity index (χ1v) is 10.0. The molecular formula is C24H23N3O6. The number of nitrogens with zero attached hydrogens (tertiary/aromatic N) is 1. The Morgan fingerprint density at radius 3 is 1.73 bits per heavy atom. The highest BCUT2D eigenvalue weighted by atomic mass is 16.6. The summed E-state index contributed by atoms with van der Waals surface area (Å²) < 4.78 is 10.2. The Balaban J connectivity index is 1.69. The summed E-state index contributed by atoms with van der Waals surface area (Å²) >= 11 is 0. The summed E-state index contributed by atoms with van der Waals surface area (Å²) in [5.41, 5.74) is 1.56. The molecule has 0 unspecified atom stereocenters. The molecule has 0 spiro atoms. The quantitative estimate of drug-likeness (QED) is 0.377. The zero-order chi connectivity index (χ0) is 23.8. The van der Waals surface area contributed by atoms with Crippen LogP contribution in [0.25, 0.3) is 0 Å². The Kier molecular flexibility index (Phi) is 7.59. The fraction of sp³-hybridized carbons (Fsp3) is 0.167. The van der Waals surface area contributed by atoms with Crippen LogP contribution in [-0.4, -0.2) is 31.0 Å². The van der Waals surface area contributed by atoms with E-state index < -0.39 is 10.8 Å². The van der Waals surface area contributed by atoms with Gasteiger partial charge in [0.05, 0.1) is 32.0 Å². The minimum Gasteiger partial charge on any atom is -0.497 e. The fourth-order valence-corrected chi connectivity index (χ4v) is 3.13. The molecule has 3 aromatic rings. The average Bonchev–Trinajstić information content (AvgIpc) is 2.80. The lowest BCUT2D eigenvalue weighted by atomic mass is 10.1. The van der Waals surface area contributed by atoms with E-state index in [0.717, 1.165) is 11.1 Å². The fourth-order valence-electron chi connectivity index (χ4n) is 3.13. The molecule has 170 valence electrons. The van der Waals surface area contributed by atoms with Crippen molar-refractivity contribution in [1.82, 2.24) is 0 Å². The standard InChI is InChI=1S/C24H23N3O6/c1-32-19-8-3-16(4-9-19)13-23(28)25-18-7-12-22(27(30)31)21(15-18)26-24(29)14-17-5-10-20(33-2)11-6-17/h3-12,15H,13-14H2,1-2H3,(H,25,28)(H,26,29). The molecule has 0 radical (unpaired) electrons. The van der Waals surface area contributed by atoms with E-state index in [4.69, 9.17) is 9.47 Å². The zero-order valence-electron chi connectivity index (χ0n) is 18.2. The van der Waals surface area contributed by atoms with Gasteiger partial charge in [-0.2, -0.15) is 0 Å². The van der Waals surface area contributed by atoms with Crippen molar-refractivity contribution >= 4 is 28.9 Å². The molecule has 2 N–H and O–H groups in total. The van der Waals surface area contributed by atoms with Gasteiger partial charge in [0.15, 0.2) is 0 Å². The zero-order valence-corrected chi connectivity index (χ0v) is 18.2. The Hall–Kier alpha value is -4.40. The second-order valence-electron chi connectivity index (χ2n) is 7.14. The Labute approximate surface area is 190 Å². The van der Waals surface area contributed by atoms with Crippen LogP contribution in [0.3, 0.4) is 0 Å². The number of hydrogen-bond acceptors (Lipinski definition) is 6. The lowest BCUT2D eigenvalue weighted by Crippen LogP contribution is -2.17. The number of carbonyl (C=O) groups is 2. The van der Waals surface area contributed by atoms with Crippen LogP contribution >= 0.6 is 0 Å². The maximum absolute atomic E-state index is 12.5. The van der Waals surface area contributed by atoms with Crippen LogP contribution in [0.5, 0.6) is 11.5 Å². The Bertz CT molecular complexity index is 1140. The first kappa shape index (κ1) is 23.3. The second-order valence-corrected chi connectivity index (χ2v) is 7.14. The van der Waals surface area contributed by atoms with Gasteiger partial charge in [0.25, 0.3) is 5.69 Å². The number of carbonyl (C=O) groups excluding carboxylic acids is 2. The molecule has 0 aliphatic heterocycles.